The summed E-state index contributed by atoms with van der Waals surface area (Å²) in [4.78, 5) is 18.8. The standard InChI is InChI=1S/C15H18N2O2S/c1-9-6-12(9)13-5-4-11(19-13)7-17(3)15(18)14-10(2)16-8-20-14/h4-5,8-9,12H,6-7H2,1-3H3/t9-,12+/m0/s1. The second-order valence-corrected chi connectivity index (χ2v) is 6.41. The minimum absolute atomic E-state index is 0.00254. The summed E-state index contributed by atoms with van der Waals surface area (Å²) in [6.07, 6.45) is 1.21. The summed E-state index contributed by atoms with van der Waals surface area (Å²) in [7, 11) is 1.80. The molecule has 1 fully saturated rings. The van der Waals surface area contributed by atoms with Crippen molar-refractivity contribution in [3.05, 3.63) is 39.7 Å². The van der Waals surface area contributed by atoms with Gasteiger partial charge in [0.05, 0.1) is 17.7 Å². The van der Waals surface area contributed by atoms with Gasteiger partial charge < -0.3 is 9.32 Å². The second kappa shape index (κ2) is 5.05. The van der Waals surface area contributed by atoms with E-state index in [0.717, 1.165) is 23.1 Å². The molecule has 1 amide bonds. The molecule has 1 aliphatic rings. The first-order chi connectivity index (χ1) is 9.56. The fraction of sp³-hybridized carbons (Fsp3) is 0.467. The predicted octanol–water partition coefficient (Wildman–Crippen LogP) is 3.44. The highest BCUT2D eigenvalue weighted by Crippen LogP contribution is 2.47. The van der Waals surface area contributed by atoms with Crippen LogP contribution in [0.2, 0.25) is 0 Å². The maximum absolute atomic E-state index is 12.3. The van der Waals surface area contributed by atoms with E-state index in [0.29, 0.717) is 17.3 Å². The molecular formula is C15H18N2O2S. The van der Waals surface area contributed by atoms with Gasteiger partial charge in [0.2, 0.25) is 0 Å². The molecule has 20 heavy (non-hydrogen) atoms. The van der Waals surface area contributed by atoms with Crippen LogP contribution in [-0.2, 0) is 6.54 Å². The number of hydrogen-bond donors (Lipinski definition) is 0. The summed E-state index contributed by atoms with van der Waals surface area (Å²) in [6.45, 7) is 4.59. The minimum Gasteiger partial charge on any atom is -0.464 e. The van der Waals surface area contributed by atoms with E-state index in [1.807, 2.05) is 19.1 Å². The number of aromatic nitrogens is 1. The van der Waals surface area contributed by atoms with Crippen molar-refractivity contribution in [2.24, 2.45) is 5.92 Å². The molecule has 0 radical (unpaired) electrons. The number of aryl methyl sites for hydroxylation is 1. The van der Waals surface area contributed by atoms with Gasteiger partial charge in [-0.1, -0.05) is 6.92 Å². The molecule has 2 aromatic heterocycles. The molecule has 0 saturated heterocycles. The number of furan rings is 1. The van der Waals surface area contributed by atoms with Crippen LogP contribution in [0.3, 0.4) is 0 Å². The van der Waals surface area contributed by atoms with E-state index in [4.69, 9.17) is 4.42 Å². The maximum Gasteiger partial charge on any atom is 0.265 e. The Labute approximate surface area is 122 Å². The average Bonchev–Trinajstić information content (AvgIpc) is 2.81. The Morgan fingerprint density at radius 2 is 2.30 bits per heavy atom. The van der Waals surface area contributed by atoms with Crippen molar-refractivity contribution in [1.29, 1.82) is 0 Å². The topological polar surface area (TPSA) is 46.3 Å². The highest BCUT2D eigenvalue weighted by Gasteiger charge is 2.36. The molecule has 4 nitrogen and oxygen atoms in total. The lowest BCUT2D eigenvalue weighted by Gasteiger charge is -2.14. The van der Waals surface area contributed by atoms with Crippen LogP contribution in [0.15, 0.2) is 22.1 Å². The van der Waals surface area contributed by atoms with Gasteiger partial charge >= 0.3 is 0 Å². The molecule has 2 atom stereocenters. The Morgan fingerprint density at radius 1 is 1.55 bits per heavy atom. The Balaban J connectivity index is 1.66. The molecule has 1 saturated carbocycles. The Bertz CT molecular complexity index is 631. The van der Waals surface area contributed by atoms with E-state index in [-0.39, 0.29) is 5.91 Å². The van der Waals surface area contributed by atoms with E-state index in [2.05, 4.69) is 11.9 Å². The van der Waals surface area contributed by atoms with Crippen LogP contribution in [0.4, 0.5) is 0 Å². The molecule has 3 rings (SSSR count). The number of thiazole rings is 1. The molecule has 0 spiro atoms. The predicted molar refractivity (Wildman–Crippen MR) is 77.9 cm³/mol. The van der Waals surface area contributed by atoms with Gasteiger partial charge in [0.25, 0.3) is 5.91 Å². The van der Waals surface area contributed by atoms with Gasteiger partial charge in [-0.15, -0.1) is 11.3 Å². The first kappa shape index (κ1) is 13.4. The van der Waals surface area contributed by atoms with Gasteiger partial charge in [-0.2, -0.15) is 0 Å². The first-order valence-corrected chi connectivity index (χ1v) is 7.68. The van der Waals surface area contributed by atoms with E-state index >= 15 is 0 Å². The zero-order valence-corrected chi connectivity index (χ0v) is 12.7. The van der Waals surface area contributed by atoms with Crippen molar-refractivity contribution in [2.75, 3.05) is 7.05 Å². The molecule has 1 aliphatic carbocycles. The molecule has 106 valence electrons. The normalized spacial score (nSPS) is 20.9. The Hall–Kier alpha value is -1.62. The molecule has 2 heterocycles. The van der Waals surface area contributed by atoms with E-state index in [9.17, 15) is 4.79 Å². The SMILES string of the molecule is Cc1ncsc1C(=O)N(C)Cc1ccc([C@@H]2C[C@@H]2C)o1. The highest BCUT2D eigenvalue weighted by molar-refractivity contribution is 7.11. The van der Waals surface area contributed by atoms with Crippen LogP contribution in [0.5, 0.6) is 0 Å². The second-order valence-electron chi connectivity index (χ2n) is 5.55. The summed E-state index contributed by atoms with van der Waals surface area (Å²) in [5.41, 5.74) is 2.49. The maximum atomic E-state index is 12.3. The third-order valence-corrected chi connectivity index (χ3v) is 4.75. The Morgan fingerprint density at radius 3 is 2.90 bits per heavy atom. The number of rotatable bonds is 4. The van der Waals surface area contributed by atoms with Crippen LogP contribution >= 0.6 is 11.3 Å². The summed E-state index contributed by atoms with van der Waals surface area (Å²) >= 11 is 1.38. The molecule has 0 bridgehead atoms. The van der Waals surface area contributed by atoms with Crippen LogP contribution in [0.25, 0.3) is 0 Å². The summed E-state index contributed by atoms with van der Waals surface area (Å²) < 4.78 is 5.84. The smallest absolute Gasteiger partial charge is 0.265 e. The van der Waals surface area contributed by atoms with Gasteiger partial charge in [-0.05, 0) is 31.4 Å². The van der Waals surface area contributed by atoms with Crippen LogP contribution in [-0.4, -0.2) is 22.8 Å². The number of hydrogen-bond acceptors (Lipinski definition) is 4. The molecule has 5 heteroatoms. The molecule has 0 unspecified atom stereocenters. The largest absolute Gasteiger partial charge is 0.464 e. The van der Waals surface area contributed by atoms with Gasteiger partial charge in [0, 0.05) is 13.0 Å². The number of carbonyl (C=O) groups is 1. The first-order valence-electron chi connectivity index (χ1n) is 6.80. The van der Waals surface area contributed by atoms with Crippen molar-refractivity contribution < 1.29 is 9.21 Å². The Kier molecular flexibility index (Phi) is 3.38. The lowest BCUT2D eigenvalue weighted by molar-refractivity contribution is 0.0778. The molecule has 0 aliphatic heterocycles. The zero-order valence-electron chi connectivity index (χ0n) is 11.9. The summed E-state index contributed by atoms with van der Waals surface area (Å²) in [6, 6.07) is 4.02. The summed E-state index contributed by atoms with van der Waals surface area (Å²) in [5.74, 6) is 3.21. The van der Waals surface area contributed by atoms with Crippen molar-refractivity contribution in [2.45, 2.75) is 32.7 Å². The van der Waals surface area contributed by atoms with Crippen LogP contribution < -0.4 is 0 Å². The number of carbonyl (C=O) groups excluding carboxylic acids is 1. The monoisotopic (exact) mass is 290 g/mol. The lowest BCUT2D eigenvalue weighted by Crippen LogP contribution is -2.25. The molecular weight excluding hydrogens is 272 g/mol. The van der Waals surface area contributed by atoms with Crippen LogP contribution in [0, 0.1) is 12.8 Å². The lowest BCUT2D eigenvalue weighted by atomic mass is 10.3. The molecule has 0 N–H and O–H groups in total. The zero-order chi connectivity index (χ0) is 14.3. The van der Waals surface area contributed by atoms with Crippen LogP contribution in [0.1, 0.15) is 46.1 Å². The minimum atomic E-state index is 0.00254. The fourth-order valence-electron chi connectivity index (χ4n) is 2.38. The quantitative estimate of drug-likeness (QED) is 0.866. The highest BCUT2D eigenvalue weighted by atomic mass is 32.1. The average molecular weight is 290 g/mol. The molecule has 2 aromatic rings. The number of amides is 1. The van der Waals surface area contributed by atoms with E-state index < -0.39 is 0 Å². The third-order valence-electron chi connectivity index (χ3n) is 3.84. The third kappa shape index (κ3) is 2.50. The van der Waals surface area contributed by atoms with Crippen molar-refractivity contribution in [1.82, 2.24) is 9.88 Å². The molecule has 0 aromatic carbocycles. The van der Waals surface area contributed by atoms with Crippen molar-refractivity contribution in [3.63, 3.8) is 0 Å². The van der Waals surface area contributed by atoms with E-state index in [1.54, 1.807) is 17.5 Å². The van der Waals surface area contributed by atoms with Crippen molar-refractivity contribution in [3.8, 4) is 0 Å². The van der Waals surface area contributed by atoms with Crippen molar-refractivity contribution >= 4 is 17.2 Å². The van der Waals surface area contributed by atoms with Gasteiger partial charge in [0.1, 0.15) is 16.4 Å². The fourth-order valence-corrected chi connectivity index (χ4v) is 3.18. The summed E-state index contributed by atoms with van der Waals surface area (Å²) in [5, 5.41) is 0. The van der Waals surface area contributed by atoms with Gasteiger partial charge in [-0.25, -0.2) is 4.98 Å². The van der Waals surface area contributed by atoms with E-state index in [1.165, 1.54) is 17.8 Å². The van der Waals surface area contributed by atoms with Gasteiger partial charge in [0.15, 0.2) is 0 Å². The van der Waals surface area contributed by atoms with Gasteiger partial charge in [-0.3, -0.25) is 4.79 Å². The number of nitrogens with zero attached hydrogens (tertiary/aromatic N) is 2.